The first-order valence-electron chi connectivity index (χ1n) is 5.45. The predicted molar refractivity (Wildman–Crippen MR) is 62.0 cm³/mol. The maximum atomic E-state index is 13.2. The second-order valence-electron chi connectivity index (χ2n) is 4.38. The topological polar surface area (TPSA) is 32.3 Å². The van der Waals surface area contributed by atoms with Crippen molar-refractivity contribution in [3.8, 4) is 0 Å². The van der Waals surface area contributed by atoms with Crippen LogP contribution in [0.3, 0.4) is 0 Å². The first-order valence-corrected chi connectivity index (χ1v) is 5.83. The second-order valence-corrected chi connectivity index (χ2v) is 4.79. The summed E-state index contributed by atoms with van der Waals surface area (Å²) in [6.45, 7) is 1.98. The first kappa shape index (κ1) is 11.8. The number of halogens is 2. The largest absolute Gasteiger partial charge is 0.393 e. The highest BCUT2D eigenvalue weighted by molar-refractivity contribution is 6.30. The fourth-order valence-electron chi connectivity index (χ4n) is 1.96. The molecule has 0 aromatic heterocycles. The van der Waals surface area contributed by atoms with Gasteiger partial charge < -0.3 is 10.4 Å². The van der Waals surface area contributed by atoms with Crippen molar-refractivity contribution in [1.29, 1.82) is 0 Å². The number of benzene rings is 1. The summed E-state index contributed by atoms with van der Waals surface area (Å²) in [6, 6.07) is 5.25. The van der Waals surface area contributed by atoms with Crippen molar-refractivity contribution in [2.75, 3.05) is 0 Å². The lowest BCUT2D eigenvalue weighted by atomic mass is 9.88. The Bertz CT molecular complexity index is 379. The minimum Gasteiger partial charge on any atom is -0.393 e. The lowest BCUT2D eigenvalue weighted by molar-refractivity contribution is 0.0585. The molecule has 1 saturated carbocycles. The van der Waals surface area contributed by atoms with Crippen LogP contribution < -0.4 is 5.32 Å². The molecule has 0 spiro atoms. The normalized spacial score (nSPS) is 26.2. The van der Waals surface area contributed by atoms with Gasteiger partial charge in [0.15, 0.2) is 0 Å². The quantitative estimate of drug-likeness (QED) is 0.856. The maximum Gasteiger partial charge on any atom is 0.142 e. The van der Waals surface area contributed by atoms with Crippen LogP contribution in [0.15, 0.2) is 18.2 Å². The maximum absolute atomic E-state index is 13.2. The van der Waals surface area contributed by atoms with Gasteiger partial charge in [0, 0.05) is 12.1 Å². The second kappa shape index (κ2) is 4.70. The van der Waals surface area contributed by atoms with Gasteiger partial charge in [0.1, 0.15) is 5.82 Å². The monoisotopic (exact) mass is 243 g/mol. The summed E-state index contributed by atoms with van der Waals surface area (Å²) in [5.41, 5.74) is 0.878. The smallest absolute Gasteiger partial charge is 0.142 e. The summed E-state index contributed by atoms with van der Waals surface area (Å²) in [7, 11) is 0. The van der Waals surface area contributed by atoms with Gasteiger partial charge in [0.05, 0.1) is 11.1 Å². The zero-order valence-corrected chi connectivity index (χ0v) is 9.84. The highest BCUT2D eigenvalue weighted by Crippen LogP contribution is 2.25. The minimum absolute atomic E-state index is 0.0734. The fourth-order valence-corrected chi connectivity index (χ4v) is 2.07. The summed E-state index contributed by atoms with van der Waals surface area (Å²) >= 11 is 5.62. The lowest BCUT2D eigenvalue weighted by Gasteiger charge is -2.34. The average Bonchev–Trinajstić information content (AvgIpc) is 2.19. The van der Waals surface area contributed by atoms with E-state index >= 15 is 0 Å². The molecule has 1 unspecified atom stereocenters. The minimum atomic E-state index is -0.388. The average molecular weight is 244 g/mol. The summed E-state index contributed by atoms with van der Waals surface area (Å²) < 4.78 is 13.2. The summed E-state index contributed by atoms with van der Waals surface area (Å²) in [4.78, 5) is 0. The molecule has 1 aromatic rings. The van der Waals surface area contributed by atoms with Crippen molar-refractivity contribution in [2.45, 2.75) is 38.0 Å². The Kier molecular flexibility index (Phi) is 3.47. The Balaban J connectivity index is 1.97. The molecule has 1 aromatic carbocycles. The van der Waals surface area contributed by atoms with Crippen LogP contribution in [0.1, 0.15) is 31.4 Å². The molecular weight excluding hydrogens is 229 g/mol. The number of rotatable bonds is 3. The van der Waals surface area contributed by atoms with Gasteiger partial charge in [-0.1, -0.05) is 17.7 Å². The Labute approximate surface area is 99.4 Å². The number of hydrogen-bond acceptors (Lipinski definition) is 2. The Morgan fingerprint density at radius 3 is 2.75 bits per heavy atom. The van der Waals surface area contributed by atoms with E-state index in [4.69, 9.17) is 16.7 Å². The Morgan fingerprint density at radius 2 is 2.19 bits per heavy atom. The summed E-state index contributed by atoms with van der Waals surface area (Å²) in [5, 5.41) is 12.7. The van der Waals surface area contributed by atoms with E-state index in [0.29, 0.717) is 6.04 Å². The molecule has 4 heteroatoms. The molecule has 2 nitrogen and oxygen atoms in total. The predicted octanol–water partition coefficient (Wildman–Crippen LogP) is 2.65. The number of aliphatic hydroxyl groups excluding tert-OH is 1. The first-order chi connectivity index (χ1) is 7.56. The van der Waals surface area contributed by atoms with E-state index in [2.05, 4.69) is 5.32 Å². The van der Waals surface area contributed by atoms with Gasteiger partial charge >= 0.3 is 0 Å². The van der Waals surface area contributed by atoms with Crippen LogP contribution in [-0.4, -0.2) is 17.3 Å². The third kappa shape index (κ3) is 2.54. The van der Waals surface area contributed by atoms with Crippen molar-refractivity contribution < 1.29 is 9.50 Å². The van der Waals surface area contributed by atoms with Gasteiger partial charge in [0.25, 0.3) is 0 Å². The third-order valence-electron chi connectivity index (χ3n) is 3.04. The summed E-state index contributed by atoms with van der Waals surface area (Å²) in [6.07, 6.45) is 1.38. The molecule has 1 aliphatic rings. The van der Waals surface area contributed by atoms with Gasteiger partial charge in [-0.25, -0.2) is 4.39 Å². The van der Waals surface area contributed by atoms with Crippen LogP contribution >= 0.6 is 11.6 Å². The van der Waals surface area contributed by atoms with E-state index in [-0.39, 0.29) is 23.0 Å². The molecule has 1 aliphatic carbocycles. The van der Waals surface area contributed by atoms with Crippen LogP contribution in [0.4, 0.5) is 4.39 Å². The summed E-state index contributed by atoms with van der Waals surface area (Å²) in [5.74, 6) is -0.388. The SMILES string of the molecule is CC(NC1CC(O)C1)c1ccc(Cl)c(F)c1. The van der Waals surface area contributed by atoms with E-state index < -0.39 is 0 Å². The van der Waals surface area contributed by atoms with Crippen LogP contribution in [0, 0.1) is 5.82 Å². The standard InChI is InChI=1S/C12H15ClFNO/c1-7(15-9-5-10(16)6-9)8-2-3-11(13)12(14)4-8/h2-4,7,9-10,15-16H,5-6H2,1H3. The molecule has 0 saturated heterocycles. The van der Waals surface area contributed by atoms with Crippen molar-refractivity contribution >= 4 is 11.6 Å². The van der Waals surface area contributed by atoms with Crippen molar-refractivity contribution in [2.24, 2.45) is 0 Å². The van der Waals surface area contributed by atoms with Crippen LogP contribution in [-0.2, 0) is 0 Å². The van der Waals surface area contributed by atoms with Crippen LogP contribution in [0.2, 0.25) is 5.02 Å². The molecule has 0 aliphatic heterocycles. The van der Waals surface area contributed by atoms with Gasteiger partial charge in [-0.3, -0.25) is 0 Å². The van der Waals surface area contributed by atoms with Crippen LogP contribution in [0.5, 0.6) is 0 Å². The molecule has 1 atom stereocenters. The molecule has 0 bridgehead atoms. The van der Waals surface area contributed by atoms with Gasteiger partial charge in [-0.05, 0) is 37.5 Å². The molecule has 1 fully saturated rings. The molecular formula is C12H15ClFNO. The lowest BCUT2D eigenvalue weighted by Crippen LogP contribution is -2.45. The third-order valence-corrected chi connectivity index (χ3v) is 3.35. The Morgan fingerprint density at radius 1 is 1.50 bits per heavy atom. The molecule has 0 heterocycles. The Hall–Kier alpha value is -0.640. The van der Waals surface area contributed by atoms with E-state index in [1.54, 1.807) is 6.07 Å². The molecule has 0 amide bonds. The zero-order valence-electron chi connectivity index (χ0n) is 9.08. The highest BCUT2D eigenvalue weighted by atomic mass is 35.5. The highest BCUT2D eigenvalue weighted by Gasteiger charge is 2.28. The van der Waals surface area contributed by atoms with Crippen molar-refractivity contribution in [1.82, 2.24) is 5.32 Å². The zero-order chi connectivity index (χ0) is 11.7. The van der Waals surface area contributed by atoms with Gasteiger partial charge in [0.2, 0.25) is 0 Å². The molecule has 2 N–H and O–H groups in total. The number of hydrogen-bond donors (Lipinski definition) is 2. The van der Waals surface area contributed by atoms with E-state index in [9.17, 15) is 4.39 Å². The van der Waals surface area contributed by atoms with E-state index in [1.165, 1.54) is 6.07 Å². The molecule has 16 heavy (non-hydrogen) atoms. The number of nitrogens with one attached hydrogen (secondary N) is 1. The fraction of sp³-hybridized carbons (Fsp3) is 0.500. The van der Waals surface area contributed by atoms with E-state index in [0.717, 1.165) is 18.4 Å². The van der Waals surface area contributed by atoms with Crippen molar-refractivity contribution in [3.05, 3.63) is 34.6 Å². The van der Waals surface area contributed by atoms with Crippen molar-refractivity contribution in [3.63, 3.8) is 0 Å². The molecule has 2 rings (SSSR count). The van der Waals surface area contributed by atoms with Gasteiger partial charge in [-0.15, -0.1) is 0 Å². The molecule has 88 valence electrons. The van der Waals surface area contributed by atoms with E-state index in [1.807, 2.05) is 13.0 Å². The van der Waals surface area contributed by atoms with Crippen LogP contribution in [0.25, 0.3) is 0 Å². The van der Waals surface area contributed by atoms with Gasteiger partial charge in [-0.2, -0.15) is 0 Å². The molecule has 0 radical (unpaired) electrons. The number of aliphatic hydroxyl groups is 1.